The summed E-state index contributed by atoms with van der Waals surface area (Å²) in [5.74, 6) is -0.598. The van der Waals surface area contributed by atoms with Crippen LogP contribution >= 0.6 is 0 Å². The lowest BCUT2D eigenvalue weighted by Gasteiger charge is -2.12. The first kappa shape index (κ1) is 21.9. The minimum Gasteiger partial charge on any atom is -0.366 e. The van der Waals surface area contributed by atoms with Crippen molar-refractivity contribution in [2.24, 2.45) is 5.73 Å². The predicted octanol–water partition coefficient (Wildman–Crippen LogP) is 4.67. The zero-order chi connectivity index (χ0) is 23.6. The molecular formula is C23H18F3N5O2. The quantitative estimate of drug-likeness (QED) is 0.352. The van der Waals surface area contributed by atoms with Gasteiger partial charge >= 0.3 is 12.2 Å². The average Bonchev–Trinajstić information content (AvgIpc) is 3.21. The lowest BCUT2D eigenvalue weighted by molar-refractivity contribution is -0.137. The van der Waals surface area contributed by atoms with Gasteiger partial charge in [-0.1, -0.05) is 36.4 Å². The minimum absolute atomic E-state index is 0.0139. The maximum Gasteiger partial charge on any atom is 0.416 e. The second-order valence-electron chi connectivity index (χ2n) is 7.21. The van der Waals surface area contributed by atoms with Crippen LogP contribution in [-0.2, 0) is 12.7 Å². The number of rotatable bonds is 5. The normalized spacial score (nSPS) is 11.4. The van der Waals surface area contributed by atoms with Crippen LogP contribution in [-0.4, -0.2) is 22.1 Å². The monoisotopic (exact) mass is 453 g/mol. The van der Waals surface area contributed by atoms with Gasteiger partial charge in [0, 0.05) is 23.2 Å². The SMILES string of the molecule is NC(=O)c1cccc2[nH]nc(-c3ccccc3CNC(=O)Nc3cccc(C(F)(F)F)c3)c12. The van der Waals surface area contributed by atoms with Crippen molar-refractivity contribution in [1.29, 1.82) is 0 Å². The van der Waals surface area contributed by atoms with Gasteiger partial charge in [0.15, 0.2) is 0 Å². The number of hydrogen-bond donors (Lipinski definition) is 4. The Labute approximate surface area is 185 Å². The van der Waals surface area contributed by atoms with E-state index in [2.05, 4.69) is 20.8 Å². The molecule has 0 aliphatic rings. The third-order valence-electron chi connectivity index (χ3n) is 5.01. The highest BCUT2D eigenvalue weighted by Gasteiger charge is 2.30. The molecule has 0 aliphatic heterocycles. The summed E-state index contributed by atoms with van der Waals surface area (Å²) in [7, 11) is 0. The maximum absolute atomic E-state index is 12.9. The first-order chi connectivity index (χ1) is 15.7. The number of primary amides is 1. The highest BCUT2D eigenvalue weighted by molar-refractivity contribution is 6.10. The van der Waals surface area contributed by atoms with Crippen molar-refractivity contribution < 1.29 is 22.8 Å². The van der Waals surface area contributed by atoms with Crippen LogP contribution < -0.4 is 16.4 Å². The summed E-state index contributed by atoms with van der Waals surface area (Å²) in [6, 6.07) is 15.9. The highest BCUT2D eigenvalue weighted by Crippen LogP contribution is 2.32. The number of carbonyl (C=O) groups is 2. The summed E-state index contributed by atoms with van der Waals surface area (Å²) >= 11 is 0. The molecule has 0 bridgehead atoms. The number of nitrogens with two attached hydrogens (primary N) is 1. The second kappa shape index (κ2) is 8.65. The average molecular weight is 453 g/mol. The molecule has 168 valence electrons. The lowest BCUT2D eigenvalue weighted by atomic mass is 9.99. The molecule has 5 N–H and O–H groups in total. The van der Waals surface area contributed by atoms with E-state index in [1.807, 2.05) is 0 Å². The van der Waals surface area contributed by atoms with E-state index < -0.39 is 23.7 Å². The summed E-state index contributed by atoms with van der Waals surface area (Å²) in [6.07, 6.45) is -4.51. The predicted molar refractivity (Wildman–Crippen MR) is 117 cm³/mol. The van der Waals surface area contributed by atoms with Crippen LogP contribution in [0.1, 0.15) is 21.5 Å². The third kappa shape index (κ3) is 4.64. The fraction of sp³-hybridized carbons (Fsp3) is 0.0870. The molecule has 0 radical (unpaired) electrons. The lowest BCUT2D eigenvalue weighted by Crippen LogP contribution is -2.28. The first-order valence-corrected chi connectivity index (χ1v) is 9.81. The summed E-state index contributed by atoms with van der Waals surface area (Å²) in [4.78, 5) is 24.2. The number of H-pyrrole nitrogens is 1. The van der Waals surface area contributed by atoms with Gasteiger partial charge in [0.05, 0.1) is 16.6 Å². The molecule has 1 heterocycles. The number of nitrogens with one attached hydrogen (secondary N) is 3. The highest BCUT2D eigenvalue weighted by atomic mass is 19.4. The number of alkyl halides is 3. The van der Waals surface area contributed by atoms with Gasteiger partial charge in [-0.15, -0.1) is 0 Å². The fourth-order valence-corrected chi connectivity index (χ4v) is 3.50. The zero-order valence-corrected chi connectivity index (χ0v) is 17.0. The number of aromatic amines is 1. The van der Waals surface area contributed by atoms with Gasteiger partial charge < -0.3 is 16.4 Å². The van der Waals surface area contributed by atoms with E-state index in [4.69, 9.17) is 5.73 Å². The van der Waals surface area contributed by atoms with Gasteiger partial charge in [-0.05, 0) is 35.9 Å². The van der Waals surface area contributed by atoms with Crippen LogP contribution in [0, 0.1) is 0 Å². The Morgan fingerprint density at radius 2 is 1.76 bits per heavy atom. The van der Waals surface area contributed by atoms with Gasteiger partial charge in [0.25, 0.3) is 0 Å². The van der Waals surface area contributed by atoms with E-state index in [1.54, 1.807) is 42.5 Å². The molecule has 3 aromatic carbocycles. The molecule has 0 saturated heterocycles. The molecule has 0 spiro atoms. The van der Waals surface area contributed by atoms with Crippen molar-refractivity contribution in [3.63, 3.8) is 0 Å². The van der Waals surface area contributed by atoms with Crippen molar-refractivity contribution in [1.82, 2.24) is 15.5 Å². The van der Waals surface area contributed by atoms with Gasteiger partial charge in [0.1, 0.15) is 5.69 Å². The van der Waals surface area contributed by atoms with Gasteiger partial charge in [-0.3, -0.25) is 9.89 Å². The van der Waals surface area contributed by atoms with E-state index in [1.165, 1.54) is 12.1 Å². The topological polar surface area (TPSA) is 113 Å². The molecule has 0 fully saturated rings. The number of anilines is 1. The second-order valence-corrected chi connectivity index (χ2v) is 7.21. The van der Waals surface area contributed by atoms with Crippen LogP contribution in [0.3, 0.4) is 0 Å². The number of fused-ring (bicyclic) bond motifs is 1. The summed E-state index contributed by atoms with van der Waals surface area (Å²) < 4.78 is 38.6. The van der Waals surface area contributed by atoms with Crippen LogP contribution in [0.25, 0.3) is 22.2 Å². The number of nitrogens with zero attached hydrogens (tertiary/aromatic N) is 1. The van der Waals surface area contributed by atoms with Gasteiger partial charge in [-0.25, -0.2) is 4.79 Å². The molecule has 33 heavy (non-hydrogen) atoms. The Bertz CT molecular complexity index is 1350. The third-order valence-corrected chi connectivity index (χ3v) is 5.01. The molecule has 0 unspecified atom stereocenters. The standard InChI is InChI=1S/C23H18F3N5O2/c24-23(25,26)14-6-3-7-15(11-14)29-22(33)28-12-13-5-1-2-8-16(13)20-19-17(21(27)32)9-4-10-18(19)30-31-20/h1-11H,12H2,(H2,27,32)(H,30,31)(H2,28,29,33). The minimum atomic E-state index is -4.51. The number of amides is 3. The Morgan fingerprint density at radius 3 is 2.52 bits per heavy atom. The Balaban J connectivity index is 1.56. The molecule has 3 amide bonds. The number of carbonyl (C=O) groups excluding carboxylic acids is 2. The van der Waals surface area contributed by atoms with Crippen molar-refractivity contribution in [3.05, 3.63) is 83.4 Å². The van der Waals surface area contributed by atoms with Crippen LogP contribution in [0.4, 0.5) is 23.7 Å². The number of benzene rings is 3. The number of urea groups is 1. The molecule has 0 atom stereocenters. The Kier molecular flexibility index (Phi) is 5.74. The van der Waals surface area contributed by atoms with E-state index in [9.17, 15) is 22.8 Å². The Hall–Kier alpha value is -4.34. The van der Waals surface area contributed by atoms with E-state index >= 15 is 0 Å². The molecule has 4 aromatic rings. The van der Waals surface area contributed by atoms with E-state index in [0.29, 0.717) is 33.3 Å². The summed E-state index contributed by atoms with van der Waals surface area (Å²) in [6.45, 7) is 0.0636. The molecule has 10 heteroatoms. The summed E-state index contributed by atoms with van der Waals surface area (Å²) in [5.41, 5.74) is 7.45. The van der Waals surface area contributed by atoms with Crippen molar-refractivity contribution in [3.8, 4) is 11.3 Å². The molecule has 0 aliphatic carbocycles. The van der Waals surface area contributed by atoms with Crippen molar-refractivity contribution in [2.75, 3.05) is 5.32 Å². The number of hydrogen-bond acceptors (Lipinski definition) is 3. The Morgan fingerprint density at radius 1 is 1.00 bits per heavy atom. The number of aromatic nitrogens is 2. The molecule has 7 nitrogen and oxygen atoms in total. The first-order valence-electron chi connectivity index (χ1n) is 9.81. The van der Waals surface area contributed by atoms with Crippen molar-refractivity contribution in [2.45, 2.75) is 12.7 Å². The van der Waals surface area contributed by atoms with E-state index in [-0.39, 0.29) is 12.2 Å². The molecular weight excluding hydrogens is 435 g/mol. The van der Waals surface area contributed by atoms with Crippen molar-refractivity contribution >= 4 is 28.5 Å². The van der Waals surface area contributed by atoms with Gasteiger partial charge in [-0.2, -0.15) is 18.3 Å². The smallest absolute Gasteiger partial charge is 0.366 e. The summed E-state index contributed by atoms with van der Waals surface area (Å²) in [5, 5.41) is 12.8. The zero-order valence-electron chi connectivity index (χ0n) is 17.0. The van der Waals surface area contributed by atoms with Gasteiger partial charge in [0.2, 0.25) is 5.91 Å². The number of halogens is 3. The molecule has 0 saturated carbocycles. The molecule has 1 aromatic heterocycles. The molecule has 4 rings (SSSR count). The van der Waals surface area contributed by atoms with Crippen LogP contribution in [0.15, 0.2) is 66.7 Å². The maximum atomic E-state index is 12.9. The van der Waals surface area contributed by atoms with Crippen LogP contribution in [0.5, 0.6) is 0 Å². The van der Waals surface area contributed by atoms with Crippen LogP contribution in [0.2, 0.25) is 0 Å². The largest absolute Gasteiger partial charge is 0.416 e. The van der Waals surface area contributed by atoms with E-state index in [0.717, 1.165) is 12.1 Å². The fourth-order valence-electron chi connectivity index (χ4n) is 3.50.